The van der Waals surface area contributed by atoms with Crippen molar-refractivity contribution in [2.75, 3.05) is 27.4 Å². The van der Waals surface area contributed by atoms with Crippen molar-refractivity contribution < 1.29 is 22.6 Å². The van der Waals surface area contributed by atoms with Crippen molar-refractivity contribution in [2.24, 2.45) is 0 Å². The second-order valence-electron chi connectivity index (χ2n) is 5.99. The van der Waals surface area contributed by atoms with Crippen LogP contribution in [-0.4, -0.2) is 35.8 Å². The van der Waals surface area contributed by atoms with Crippen LogP contribution in [0.5, 0.6) is 17.2 Å². The maximum absolute atomic E-state index is 12.5. The molecule has 0 fully saturated rings. The molecule has 6 nitrogen and oxygen atoms in total. The van der Waals surface area contributed by atoms with Crippen LogP contribution in [0, 0.1) is 0 Å². The van der Waals surface area contributed by atoms with Gasteiger partial charge in [0.05, 0.1) is 14.2 Å². The second-order valence-corrected chi connectivity index (χ2v) is 7.73. The lowest BCUT2D eigenvalue weighted by atomic mass is 10.0. The smallest absolute Gasteiger partial charge is 0.244 e. The van der Waals surface area contributed by atoms with E-state index in [2.05, 4.69) is 18.6 Å². The van der Waals surface area contributed by atoms with Crippen LogP contribution < -0.4 is 18.9 Å². The third-order valence-electron chi connectivity index (χ3n) is 3.85. The number of ether oxygens (including phenoxy) is 3. The second kappa shape index (κ2) is 8.91. The van der Waals surface area contributed by atoms with E-state index in [-0.39, 0.29) is 23.8 Å². The van der Waals surface area contributed by atoms with Crippen molar-refractivity contribution in [3.8, 4) is 17.2 Å². The molecule has 142 valence electrons. The van der Waals surface area contributed by atoms with Gasteiger partial charge in [-0.15, -0.1) is 0 Å². The summed E-state index contributed by atoms with van der Waals surface area (Å²) in [6, 6.07) is 12.4. The molecule has 0 aromatic heterocycles. The van der Waals surface area contributed by atoms with E-state index in [1.54, 1.807) is 12.1 Å². The highest BCUT2D eigenvalue weighted by molar-refractivity contribution is 7.89. The Kier molecular flexibility index (Phi) is 6.88. The van der Waals surface area contributed by atoms with Crippen molar-refractivity contribution in [3.05, 3.63) is 48.0 Å². The quantitative estimate of drug-likeness (QED) is 0.678. The normalized spacial score (nSPS) is 11.4. The number of rotatable bonds is 9. The van der Waals surface area contributed by atoms with E-state index in [0.717, 1.165) is 0 Å². The van der Waals surface area contributed by atoms with E-state index in [1.807, 2.05) is 24.3 Å². The first-order valence-electron chi connectivity index (χ1n) is 8.32. The molecule has 1 N–H and O–H groups in total. The number of sulfonamides is 1. The molecule has 0 atom stereocenters. The van der Waals surface area contributed by atoms with E-state index in [0.29, 0.717) is 17.4 Å². The first kappa shape index (κ1) is 20.1. The summed E-state index contributed by atoms with van der Waals surface area (Å²) in [5.41, 5.74) is 1.17. The number of methoxy groups -OCH3 is 2. The summed E-state index contributed by atoms with van der Waals surface area (Å²) in [6.07, 6.45) is 0. The minimum absolute atomic E-state index is 0.0288. The largest absolute Gasteiger partial charge is 0.497 e. The standard InChI is InChI=1S/C19H25NO5S/c1-14(2)15-6-5-7-17(12-15)25-11-10-20-26(21,22)19-13-16(23-3)8-9-18(19)24-4/h5-9,12-14,20H,10-11H2,1-4H3. The van der Waals surface area contributed by atoms with Gasteiger partial charge in [0.2, 0.25) is 10.0 Å². The Bertz CT molecular complexity index is 834. The molecule has 2 rings (SSSR count). The van der Waals surface area contributed by atoms with Crippen LogP contribution in [0.15, 0.2) is 47.4 Å². The average Bonchev–Trinajstić information content (AvgIpc) is 2.65. The van der Waals surface area contributed by atoms with Crippen LogP contribution in [0.2, 0.25) is 0 Å². The minimum Gasteiger partial charge on any atom is -0.497 e. The zero-order valence-electron chi connectivity index (χ0n) is 15.5. The third-order valence-corrected chi connectivity index (χ3v) is 5.33. The highest BCUT2D eigenvalue weighted by Gasteiger charge is 2.20. The summed E-state index contributed by atoms with van der Waals surface area (Å²) in [5.74, 6) is 1.81. The number of nitrogens with one attached hydrogen (secondary N) is 1. The summed E-state index contributed by atoms with van der Waals surface area (Å²) in [4.78, 5) is 0.0288. The van der Waals surface area contributed by atoms with Crippen LogP contribution in [0.1, 0.15) is 25.3 Å². The lowest BCUT2D eigenvalue weighted by Crippen LogP contribution is -2.28. The molecule has 0 radical (unpaired) electrons. The Morgan fingerprint density at radius 3 is 2.42 bits per heavy atom. The highest BCUT2D eigenvalue weighted by Crippen LogP contribution is 2.28. The molecule has 0 bridgehead atoms. The molecule has 0 unspecified atom stereocenters. The van der Waals surface area contributed by atoms with Gasteiger partial charge in [0.15, 0.2) is 0 Å². The fourth-order valence-corrected chi connectivity index (χ4v) is 3.58. The first-order valence-corrected chi connectivity index (χ1v) is 9.80. The Labute approximate surface area is 155 Å². The highest BCUT2D eigenvalue weighted by atomic mass is 32.2. The molecule has 0 heterocycles. The van der Waals surface area contributed by atoms with Crippen molar-refractivity contribution in [2.45, 2.75) is 24.7 Å². The average molecular weight is 379 g/mol. The van der Waals surface area contributed by atoms with E-state index < -0.39 is 10.0 Å². The van der Waals surface area contributed by atoms with Crippen molar-refractivity contribution in [1.82, 2.24) is 4.72 Å². The molecule has 0 spiro atoms. The fourth-order valence-electron chi connectivity index (χ4n) is 2.38. The molecule has 0 saturated carbocycles. The van der Waals surface area contributed by atoms with Gasteiger partial charge in [0.1, 0.15) is 28.8 Å². The maximum Gasteiger partial charge on any atom is 0.244 e. The van der Waals surface area contributed by atoms with E-state index >= 15 is 0 Å². The summed E-state index contributed by atoms with van der Waals surface area (Å²) >= 11 is 0. The number of hydrogen-bond acceptors (Lipinski definition) is 5. The van der Waals surface area contributed by atoms with E-state index in [1.165, 1.54) is 25.8 Å². The van der Waals surface area contributed by atoms with Crippen LogP contribution >= 0.6 is 0 Å². The van der Waals surface area contributed by atoms with Crippen LogP contribution in [-0.2, 0) is 10.0 Å². The lowest BCUT2D eigenvalue weighted by molar-refractivity contribution is 0.322. The molecule has 0 aliphatic rings. The summed E-state index contributed by atoms with van der Waals surface area (Å²) in [6.45, 7) is 4.56. The van der Waals surface area contributed by atoms with Gasteiger partial charge < -0.3 is 14.2 Å². The maximum atomic E-state index is 12.5. The van der Waals surface area contributed by atoms with Crippen LogP contribution in [0.3, 0.4) is 0 Å². The number of hydrogen-bond donors (Lipinski definition) is 1. The Morgan fingerprint density at radius 2 is 1.77 bits per heavy atom. The molecule has 26 heavy (non-hydrogen) atoms. The van der Waals surface area contributed by atoms with Crippen molar-refractivity contribution >= 4 is 10.0 Å². The van der Waals surface area contributed by atoms with Gasteiger partial charge >= 0.3 is 0 Å². The Morgan fingerprint density at radius 1 is 1.00 bits per heavy atom. The minimum atomic E-state index is -3.75. The summed E-state index contributed by atoms with van der Waals surface area (Å²) in [5, 5.41) is 0. The van der Waals surface area contributed by atoms with Crippen LogP contribution in [0.4, 0.5) is 0 Å². The van der Waals surface area contributed by atoms with Crippen molar-refractivity contribution in [1.29, 1.82) is 0 Å². The van der Waals surface area contributed by atoms with E-state index in [4.69, 9.17) is 14.2 Å². The molecule has 7 heteroatoms. The van der Waals surface area contributed by atoms with Gasteiger partial charge in [-0.05, 0) is 35.7 Å². The van der Waals surface area contributed by atoms with Gasteiger partial charge in [0, 0.05) is 12.6 Å². The number of benzene rings is 2. The van der Waals surface area contributed by atoms with E-state index in [9.17, 15) is 8.42 Å². The Hall–Kier alpha value is -2.25. The first-order chi connectivity index (χ1) is 12.4. The topological polar surface area (TPSA) is 73.9 Å². The molecule has 2 aromatic rings. The predicted octanol–water partition coefficient (Wildman–Crippen LogP) is 3.18. The van der Waals surface area contributed by atoms with Gasteiger partial charge in [-0.2, -0.15) is 0 Å². The lowest BCUT2D eigenvalue weighted by Gasteiger charge is -2.13. The zero-order valence-corrected chi connectivity index (χ0v) is 16.3. The fraction of sp³-hybridized carbons (Fsp3) is 0.368. The van der Waals surface area contributed by atoms with Gasteiger partial charge in [-0.25, -0.2) is 13.1 Å². The van der Waals surface area contributed by atoms with Crippen LogP contribution in [0.25, 0.3) is 0 Å². The van der Waals surface area contributed by atoms with Gasteiger partial charge in [0.25, 0.3) is 0 Å². The van der Waals surface area contributed by atoms with Gasteiger partial charge in [-0.1, -0.05) is 26.0 Å². The Balaban J connectivity index is 2.00. The third kappa shape index (κ3) is 5.12. The molecule has 2 aromatic carbocycles. The molecular weight excluding hydrogens is 354 g/mol. The predicted molar refractivity (Wildman–Crippen MR) is 101 cm³/mol. The molecule has 0 aliphatic carbocycles. The monoisotopic (exact) mass is 379 g/mol. The van der Waals surface area contributed by atoms with Crippen molar-refractivity contribution in [3.63, 3.8) is 0 Å². The molecular formula is C19H25NO5S. The molecule has 0 aliphatic heterocycles. The SMILES string of the molecule is COc1ccc(OC)c(S(=O)(=O)NCCOc2cccc(C(C)C)c2)c1. The molecule has 0 saturated heterocycles. The summed E-state index contributed by atoms with van der Waals surface area (Å²) < 4.78 is 43.5. The van der Waals surface area contributed by atoms with Gasteiger partial charge in [-0.3, -0.25) is 0 Å². The molecule has 0 amide bonds. The summed E-state index contributed by atoms with van der Waals surface area (Å²) in [7, 11) is -0.847. The zero-order chi connectivity index (χ0) is 19.2.